The van der Waals surface area contributed by atoms with Gasteiger partial charge in [0.2, 0.25) is 0 Å². The van der Waals surface area contributed by atoms with Gasteiger partial charge in [0.15, 0.2) is 0 Å². The van der Waals surface area contributed by atoms with Crippen molar-refractivity contribution in [1.29, 1.82) is 0 Å². The quantitative estimate of drug-likeness (QED) is 0.568. The fraction of sp³-hybridized carbons (Fsp3) is 0.400. The Morgan fingerprint density at radius 2 is 2.00 bits per heavy atom. The molecule has 1 aliphatic rings. The minimum Gasteiger partial charge on any atom is -0.152 e. The molecule has 2 rings (SSSR count). The van der Waals surface area contributed by atoms with Crippen LogP contribution < -0.4 is 0 Å². The first-order valence-electron chi connectivity index (χ1n) is 3.94. The zero-order chi connectivity index (χ0) is 7.84. The summed E-state index contributed by atoms with van der Waals surface area (Å²) >= 11 is 2.03. The molecule has 1 aromatic carbocycles. The highest BCUT2D eigenvalue weighted by Crippen LogP contribution is 2.32. The van der Waals surface area contributed by atoms with Crippen LogP contribution >= 0.6 is 11.8 Å². The molecule has 1 heteroatoms. The molecular weight excluding hydrogens is 152 g/mol. The van der Waals surface area contributed by atoms with Crippen molar-refractivity contribution in [2.45, 2.75) is 25.4 Å². The van der Waals surface area contributed by atoms with Crippen molar-refractivity contribution in [3.05, 3.63) is 34.4 Å². The van der Waals surface area contributed by atoms with Crippen molar-refractivity contribution in [3.8, 4) is 0 Å². The summed E-state index contributed by atoms with van der Waals surface area (Å²) in [5.41, 5.74) is 6.03. The maximum absolute atomic E-state index is 2.32. The van der Waals surface area contributed by atoms with Gasteiger partial charge in [-0.15, -0.1) is 0 Å². The standard InChI is InChI=1S/C10H12S/c1-7-3-8(2)10-6-11-5-9(10)4-7/h3-4H,5-6H2,1-2H3. The molecular formula is C10H12S. The van der Waals surface area contributed by atoms with Crippen LogP contribution in [0.5, 0.6) is 0 Å². The summed E-state index contributed by atoms with van der Waals surface area (Å²) in [4.78, 5) is 0. The molecule has 0 unspecified atom stereocenters. The number of thioether (sulfide) groups is 1. The molecule has 0 bridgehead atoms. The molecule has 0 spiro atoms. The summed E-state index contributed by atoms with van der Waals surface area (Å²) < 4.78 is 0. The lowest BCUT2D eigenvalue weighted by Crippen LogP contribution is -1.88. The second-order valence-corrected chi connectivity index (χ2v) is 4.20. The Kier molecular flexibility index (Phi) is 1.68. The number of benzene rings is 1. The lowest BCUT2D eigenvalue weighted by Gasteiger charge is -2.03. The van der Waals surface area contributed by atoms with Gasteiger partial charge >= 0.3 is 0 Å². The second-order valence-electron chi connectivity index (χ2n) is 3.21. The Morgan fingerprint density at radius 3 is 2.82 bits per heavy atom. The first-order valence-corrected chi connectivity index (χ1v) is 5.09. The number of aryl methyl sites for hydroxylation is 2. The van der Waals surface area contributed by atoms with Gasteiger partial charge < -0.3 is 0 Å². The average Bonchev–Trinajstić information content (AvgIpc) is 2.34. The maximum Gasteiger partial charge on any atom is 0.0193 e. The van der Waals surface area contributed by atoms with Crippen LogP contribution in [-0.4, -0.2) is 0 Å². The molecule has 0 saturated carbocycles. The second kappa shape index (κ2) is 2.56. The lowest BCUT2D eigenvalue weighted by atomic mass is 10.0. The van der Waals surface area contributed by atoms with Crippen LogP contribution in [0.3, 0.4) is 0 Å². The van der Waals surface area contributed by atoms with E-state index >= 15 is 0 Å². The minimum absolute atomic E-state index is 1.22. The number of fused-ring (bicyclic) bond motifs is 1. The lowest BCUT2D eigenvalue weighted by molar-refractivity contribution is 1.24. The minimum atomic E-state index is 1.22. The molecule has 0 atom stereocenters. The highest BCUT2D eigenvalue weighted by molar-refractivity contribution is 7.98. The van der Waals surface area contributed by atoms with Gasteiger partial charge in [-0.2, -0.15) is 11.8 Å². The van der Waals surface area contributed by atoms with E-state index in [-0.39, 0.29) is 0 Å². The molecule has 0 nitrogen and oxygen atoms in total. The first-order chi connectivity index (χ1) is 5.27. The van der Waals surface area contributed by atoms with E-state index in [0.29, 0.717) is 0 Å². The van der Waals surface area contributed by atoms with Crippen molar-refractivity contribution < 1.29 is 0 Å². The van der Waals surface area contributed by atoms with E-state index in [0.717, 1.165) is 0 Å². The van der Waals surface area contributed by atoms with Crippen LogP contribution in [0.15, 0.2) is 12.1 Å². The van der Waals surface area contributed by atoms with Crippen molar-refractivity contribution >= 4 is 11.8 Å². The Hall–Kier alpha value is -0.430. The monoisotopic (exact) mass is 164 g/mol. The van der Waals surface area contributed by atoms with E-state index in [2.05, 4.69) is 26.0 Å². The van der Waals surface area contributed by atoms with Gasteiger partial charge in [0.05, 0.1) is 0 Å². The van der Waals surface area contributed by atoms with Gasteiger partial charge in [-0.25, -0.2) is 0 Å². The molecule has 0 saturated heterocycles. The molecule has 1 aliphatic heterocycles. The third-order valence-electron chi connectivity index (χ3n) is 2.21. The van der Waals surface area contributed by atoms with E-state index in [1.54, 1.807) is 11.1 Å². The molecule has 0 aliphatic carbocycles. The molecule has 58 valence electrons. The molecule has 0 amide bonds. The predicted octanol–water partition coefficient (Wildman–Crippen LogP) is 3.05. The number of rotatable bonds is 0. The summed E-state index contributed by atoms with van der Waals surface area (Å²) in [6.45, 7) is 4.40. The van der Waals surface area contributed by atoms with Gasteiger partial charge in [0, 0.05) is 11.5 Å². The third-order valence-corrected chi connectivity index (χ3v) is 3.22. The average molecular weight is 164 g/mol. The summed E-state index contributed by atoms with van der Waals surface area (Å²) in [5.74, 6) is 2.44. The zero-order valence-electron chi connectivity index (χ0n) is 6.98. The van der Waals surface area contributed by atoms with E-state index in [4.69, 9.17) is 0 Å². The molecule has 0 fully saturated rings. The van der Waals surface area contributed by atoms with Crippen LogP contribution in [-0.2, 0) is 11.5 Å². The SMILES string of the molecule is Cc1cc(C)c2c(c1)CSC2. The van der Waals surface area contributed by atoms with Crippen molar-refractivity contribution in [1.82, 2.24) is 0 Å². The van der Waals surface area contributed by atoms with Gasteiger partial charge in [-0.3, -0.25) is 0 Å². The summed E-state index contributed by atoms with van der Waals surface area (Å²) in [7, 11) is 0. The van der Waals surface area contributed by atoms with Crippen LogP contribution in [0.1, 0.15) is 22.3 Å². The zero-order valence-corrected chi connectivity index (χ0v) is 7.79. The van der Waals surface area contributed by atoms with Crippen LogP contribution in [0.2, 0.25) is 0 Å². The van der Waals surface area contributed by atoms with E-state index in [1.165, 1.54) is 22.6 Å². The van der Waals surface area contributed by atoms with Crippen molar-refractivity contribution in [2.75, 3.05) is 0 Å². The van der Waals surface area contributed by atoms with Crippen LogP contribution in [0, 0.1) is 13.8 Å². The van der Waals surface area contributed by atoms with Gasteiger partial charge in [-0.1, -0.05) is 17.7 Å². The highest BCUT2D eigenvalue weighted by Gasteiger charge is 2.12. The normalized spacial score (nSPS) is 15.1. The fourth-order valence-electron chi connectivity index (χ4n) is 1.68. The molecule has 1 heterocycles. The molecule has 11 heavy (non-hydrogen) atoms. The molecule has 0 radical (unpaired) electrons. The van der Waals surface area contributed by atoms with E-state index in [1.807, 2.05) is 11.8 Å². The Morgan fingerprint density at radius 1 is 1.18 bits per heavy atom. The summed E-state index contributed by atoms with van der Waals surface area (Å²) in [6, 6.07) is 4.60. The van der Waals surface area contributed by atoms with Crippen molar-refractivity contribution in [2.24, 2.45) is 0 Å². The van der Waals surface area contributed by atoms with Gasteiger partial charge in [0.25, 0.3) is 0 Å². The number of hydrogen-bond acceptors (Lipinski definition) is 1. The fourth-order valence-corrected chi connectivity index (χ4v) is 2.88. The largest absolute Gasteiger partial charge is 0.152 e. The first kappa shape index (κ1) is 7.23. The van der Waals surface area contributed by atoms with Gasteiger partial charge in [-0.05, 0) is 30.5 Å². The van der Waals surface area contributed by atoms with Crippen LogP contribution in [0.4, 0.5) is 0 Å². The Balaban J connectivity index is 2.60. The maximum atomic E-state index is 2.32. The molecule has 1 aromatic rings. The van der Waals surface area contributed by atoms with Gasteiger partial charge in [0.1, 0.15) is 0 Å². The summed E-state index contributed by atoms with van der Waals surface area (Å²) in [5, 5.41) is 0. The van der Waals surface area contributed by atoms with E-state index in [9.17, 15) is 0 Å². The van der Waals surface area contributed by atoms with Crippen molar-refractivity contribution in [3.63, 3.8) is 0 Å². The Bertz CT molecular complexity index is 289. The summed E-state index contributed by atoms with van der Waals surface area (Å²) in [6.07, 6.45) is 0. The third kappa shape index (κ3) is 1.18. The predicted molar refractivity (Wildman–Crippen MR) is 50.9 cm³/mol. The topological polar surface area (TPSA) is 0 Å². The highest BCUT2D eigenvalue weighted by atomic mass is 32.2. The van der Waals surface area contributed by atoms with Crippen LogP contribution in [0.25, 0.3) is 0 Å². The smallest absolute Gasteiger partial charge is 0.0193 e. The molecule has 0 N–H and O–H groups in total. The Labute approximate surface area is 72.0 Å². The van der Waals surface area contributed by atoms with E-state index < -0.39 is 0 Å². The molecule has 0 aromatic heterocycles. The number of hydrogen-bond donors (Lipinski definition) is 0.